The first-order chi connectivity index (χ1) is 9.18. The van der Waals surface area contributed by atoms with Crippen molar-refractivity contribution in [2.45, 2.75) is 64.5 Å². The van der Waals surface area contributed by atoms with Crippen LogP contribution in [0.3, 0.4) is 0 Å². The van der Waals surface area contributed by atoms with Gasteiger partial charge in [0.1, 0.15) is 0 Å². The van der Waals surface area contributed by atoms with Gasteiger partial charge in [-0.1, -0.05) is 13.3 Å². The molecule has 19 heavy (non-hydrogen) atoms. The van der Waals surface area contributed by atoms with Gasteiger partial charge >= 0.3 is 0 Å². The van der Waals surface area contributed by atoms with E-state index in [2.05, 4.69) is 18.7 Å². The molecular weight excluding hydrogens is 238 g/mol. The summed E-state index contributed by atoms with van der Waals surface area (Å²) in [4.78, 5) is 15.1. The van der Waals surface area contributed by atoms with Crippen LogP contribution in [0.5, 0.6) is 0 Å². The van der Waals surface area contributed by atoms with Crippen molar-refractivity contribution in [3.05, 3.63) is 0 Å². The number of hydrogen-bond acceptors (Lipinski definition) is 2. The fourth-order valence-electron chi connectivity index (χ4n) is 4.57. The molecule has 2 heterocycles. The second kappa shape index (κ2) is 5.43. The molecule has 4 atom stereocenters. The maximum Gasteiger partial charge on any atom is 0.226 e. The lowest BCUT2D eigenvalue weighted by atomic mass is 9.86. The van der Waals surface area contributed by atoms with Gasteiger partial charge in [0.2, 0.25) is 5.91 Å². The highest BCUT2D eigenvalue weighted by molar-refractivity contribution is 5.80. The zero-order valence-electron chi connectivity index (χ0n) is 12.3. The van der Waals surface area contributed by atoms with E-state index in [4.69, 9.17) is 4.74 Å². The van der Waals surface area contributed by atoms with Gasteiger partial charge in [-0.25, -0.2) is 0 Å². The monoisotopic (exact) mass is 265 g/mol. The smallest absolute Gasteiger partial charge is 0.226 e. The molecule has 0 radical (unpaired) electrons. The molecule has 3 nitrogen and oxygen atoms in total. The van der Waals surface area contributed by atoms with Crippen molar-refractivity contribution < 1.29 is 9.53 Å². The molecule has 2 aliphatic heterocycles. The summed E-state index contributed by atoms with van der Waals surface area (Å²) < 4.78 is 5.42. The molecule has 1 saturated carbocycles. The van der Waals surface area contributed by atoms with Gasteiger partial charge in [-0.15, -0.1) is 0 Å². The summed E-state index contributed by atoms with van der Waals surface area (Å²) in [6, 6.07) is 1.02. The zero-order chi connectivity index (χ0) is 13.4. The predicted octanol–water partition coefficient (Wildman–Crippen LogP) is 2.84. The zero-order valence-corrected chi connectivity index (χ0v) is 12.3. The highest BCUT2D eigenvalue weighted by Gasteiger charge is 2.45. The van der Waals surface area contributed by atoms with E-state index in [-0.39, 0.29) is 5.92 Å². The Bertz CT molecular complexity index is 338. The average Bonchev–Trinajstić information content (AvgIpc) is 2.98. The van der Waals surface area contributed by atoms with E-state index in [9.17, 15) is 4.79 Å². The number of fused-ring (bicyclic) bond motifs is 1. The SMILES string of the molecule is CC(C(=O)N1C2CCCC2C[C@H]1C)C1CCOCC1. The summed E-state index contributed by atoms with van der Waals surface area (Å²) in [6.07, 6.45) is 7.24. The van der Waals surface area contributed by atoms with Gasteiger partial charge in [-0.2, -0.15) is 0 Å². The first-order valence-corrected chi connectivity index (χ1v) is 8.08. The van der Waals surface area contributed by atoms with Crippen molar-refractivity contribution >= 4 is 5.91 Å². The molecule has 3 fully saturated rings. The normalized spacial score (nSPS) is 37.4. The minimum atomic E-state index is 0.186. The van der Waals surface area contributed by atoms with E-state index in [0.29, 0.717) is 23.9 Å². The Hall–Kier alpha value is -0.570. The molecule has 0 aromatic carbocycles. The van der Waals surface area contributed by atoms with E-state index in [1.807, 2.05) is 0 Å². The molecular formula is C16H27NO2. The van der Waals surface area contributed by atoms with E-state index in [0.717, 1.165) is 32.0 Å². The molecule has 0 bridgehead atoms. The van der Waals surface area contributed by atoms with Gasteiger partial charge in [-0.05, 0) is 50.9 Å². The number of likely N-dealkylation sites (tertiary alicyclic amines) is 1. The minimum Gasteiger partial charge on any atom is -0.381 e. The number of rotatable bonds is 2. The van der Waals surface area contributed by atoms with Gasteiger partial charge in [0, 0.05) is 31.2 Å². The minimum absolute atomic E-state index is 0.186. The average molecular weight is 265 g/mol. The largest absolute Gasteiger partial charge is 0.381 e. The Labute approximate surface area is 116 Å². The summed E-state index contributed by atoms with van der Waals surface area (Å²) in [6.45, 7) is 6.06. The van der Waals surface area contributed by atoms with Crippen molar-refractivity contribution in [1.29, 1.82) is 0 Å². The van der Waals surface area contributed by atoms with Crippen LogP contribution in [0.25, 0.3) is 0 Å². The number of nitrogens with zero attached hydrogens (tertiary/aromatic N) is 1. The molecule has 3 rings (SSSR count). The third-order valence-electron chi connectivity index (χ3n) is 5.71. The summed E-state index contributed by atoms with van der Waals surface area (Å²) in [5, 5.41) is 0. The molecule has 0 aromatic heterocycles. The van der Waals surface area contributed by atoms with Crippen molar-refractivity contribution in [3.8, 4) is 0 Å². The van der Waals surface area contributed by atoms with Crippen LogP contribution in [0.15, 0.2) is 0 Å². The topological polar surface area (TPSA) is 29.5 Å². The number of carbonyl (C=O) groups excluding carboxylic acids is 1. The Kier molecular flexibility index (Phi) is 3.84. The number of amides is 1. The van der Waals surface area contributed by atoms with Crippen molar-refractivity contribution in [2.75, 3.05) is 13.2 Å². The van der Waals surface area contributed by atoms with Gasteiger partial charge in [0.05, 0.1) is 0 Å². The first-order valence-electron chi connectivity index (χ1n) is 8.08. The molecule has 3 heteroatoms. The Morgan fingerprint density at radius 2 is 1.95 bits per heavy atom. The second-order valence-electron chi connectivity index (χ2n) is 6.83. The molecule has 1 amide bonds. The first kappa shape index (κ1) is 13.4. The van der Waals surface area contributed by atoms with Gasteiger partial charge in [0.15, 0.2) is 0 Å². The van der Waals surface area contributed by atoms with Crippen LogP contribution in [0.1, 0.15) is 52.4 Å². The van der Waals surface area contributed by atoms with Crippen LogP contribution in [-0.2, 0) is 9.53 Å². The lowest BCUT2D eigenvalue weighted by molar-refractivity contribution is -0.140. The van der Waals surface area contributed by atoms with Crippen molar-refractivity contribution in [3.63, 3.8) is 0 Å². The van der Waals surface area contributed by atoms with Crippen molar-refractivity contribution in [2.24, 2.45) is 17.8 Å². The van der Waals surface area contributed by atoms with Gasteiger partial charge < -0.3 is 9.64 Å². The summed E-state index contributed by atoms with van der Waals surface area (Å²) in [7, 11) is 0. The predicted molar refractivity (Wildman–Crippen MR) is 74.8 cm³/mol. The van der Waals surface area contributed by atoms with E-state index < -0.39 is 0 Å². The summed E-state index contributed by atoms with van der Waals surface area (Å²) in [5.41, 5.74) is 0. The molecule has 3 unspecified atom stereocenters. The number of ether oxygens (including phenoxy) is 1. The lowest BCUT2D eigenvalue weighted by Gasteiger charge is -2.34. The molecule has 2 saturated heterocycles. The Morgan fingerprint density at radius 1 is 1.21 bits per heavy atom. The number of hydrogen-bond donors (Lipinski definition) is 0. The van der Waals surface area contributed by atoms with Gasteiger partial charge in [0.25, 0.3) is 0 Å². The third-order valence-corrected chi connectivity index (χ3v) is 5.71. The fourth-order valence-corrected chi connectivity index (χ4v) is 4.57. The van der Waals surface area contributed by atoms with Crippen LogP contribution < -0.4 is 0 Å². The fraction of sp³-hybridized carbons (Fsp3) is 0.938. The molecule has 0 spiro atoms. The van der Waals surface area contributed by atoms with Crippen LogP contribution in [0.4, 0.5) is 0 Å². The molecule has 108 valence electrons. The maximum absolute atomic E-state index is 12.9. The van der Waals surface area contributed by atoms with Crippen LogP contribution in [-0.4, -0.2) is 36.1 Å². The lowest BCUT2D eigenvalue weighted by Crippen LogP contribution is -2.45. The van der Waals surface area contributed by atoms with Crippen LogP contribution in [0.2, 0.25) is 0 Å². The Balaban J connectivity index is 1.68. The second-order valence-corrected chi connectivity index (χ2v) is 6.83. The van der Waals surface area contributed by atoms with Gasteiger partial charge in [-0.3, -0.25) is 4.79 Å². The molecule has 0 N–H and O–H groups in total. The third kappa shape index (κ3) is 2.42. The summed E-state index contributed by atoms with van der Waals surface area (Å²) >= 11 is 0. The standard InChI is InChI=1S/C16H27NO2/c1-11-10-14-4-3-5-15(14)17(11)16(18)12(2)13-6-8-19-9-7-13/h11-15H,3-10H2,1-2H3/t11-,12?,14?,15?/m1/s1. The van der Waals surface area contributed by atoms with E-state index in [1.54, 1.807) is 0 Å². The van der Waals surface area contributed by atoms with E-state index in [1.165, 1.54) is 25.7 Å². The van der Waals surface area contributed by atoms with Crippen LogP contribution in [0, 0.1) is 17.8 Å². The highest BCUT2D eigenvalue weighted by Crippen LogP contribution is 2.42. The van der Waals surface area contributed by atoms with E-state index >= 15 is 0 Å². The summed E-state index contributed by atoms with van der Waals surface area (Å²) in [5.74, 6) is 1.94. The Morgan fingerprint density at radius 3 is 2.68 bits per heavy atom. The maximum atomic E-state index is 12.9. The molecule has 3 aliphatic rings. The van der Waals surface area contributed by atoms with Crippen molar-refractivity contribution in [1.82, 2.24) is 4.90 Å². The molecule has 0 aromatic rings. The van der Waals surface area contributed by atoms with Crippen LogP contribution >= 0.6 is 0 Å². The quantitative estimate of drug-likeness (QED) is 0.768. The highest BCUT2D eigenvalue weighted by atomic mass is 16.5. The molecule has 1 aliphatic carbocycles. The number of carbonyl (C=O) groups is 1.